The van der Waals surface area contributed by atoms with E-state index in [0.717, 1.165) is 19.4 Å². The van der Waals surface area contributed by atoms with Gasteiger partial charge in [0, 0.05) is 11.0 Å². The average Bonchev–Trinajstić information content (AvgIpc) is 2.34. The number of anilines is 1. The average molecular weight is 315 g/mol. The van der Waals surface area contributed by atoms with E-state index < -0.39 is 11.2 Å². The molecule has 2 rings (SSSR count). The lowest BCUT2D eigenvalue weighted by molar-refractivity contribution is -0.125. The highest BCUT2D eigenvalue weighted by Gasteiger charge is 2.35. The van der Waals surface area contributed by atoms with E-state index in [1.54, 1.807) is 12.1 Å². The molecule has 1 saturated heterocycles. The lowest BCUT2D eigenvalue weighted by atomic mass is 9.82. The Morgan fingerprint density at radius 3 is 2.94 bits per heavy atom. The van der Waals surface area contributed by atoms with Gasteiger partial charge in [-0.3, -0.25) is 4.79 Å². The fourth-order valence-electron chi connectivity index (χ4n) is 2.13. The third kappa shape index (κ3) is 2.72. The Bertz CT molecular complexity index is 438. The van der Waals surface area contributed by atoms with E-state index in [9.17, 15) is 9.18 Å². The Labute approximate surface area is 114 Å². The summed E-state index contributed by atoms with van der Waals surface area (Å²) >= 11 is 3.25. The monoisotopic (exact) mass is 314 g/mol. The molecule has 1 aliphatic rings. The van der Waals surface area contributed by atoms with E-state index in [0.29, 0.717) is 11.0 Å². The summed E-state index contributed by atoms with van der Waals surface area (Å²) in [6, 6.07) is 4.64. The molecule has 0 aliphatic carbocycles. The molecule has 3 nitrogen and oxygen atoms in total. The summed E-state index contributed by atoms with van der Waals surface area (Å²) in [6.07, 6.45) is 1.78. The Morgan fingerprint density at radius 2 is 2.33 bits per heavy atom. The van der Waals surface area contributed by atoms with Crippen LogP contribution in [0.15, 0.2) is 22.7 Å². The molecule has 5 heteroatoms. The summed E-state index contributed by atoms with van der Waals surface area (Å²) in [4.78, 5) is 12.3. The van der Waals surface area contributed by atoms with Crippen molar-refractivity contribution in [1.82, 2.24) is 5.32 Å². The molecular weight excluding hydrogens is 299 g/mol. The van der Waals surface area contributed by atoms with E-state index in [2.05, 4.69) is 26.6 Å². The van der Waals surface area contributed by atoms with Gasteiger partial charge in [0.1, 0.15) is 5.82 Å². The van der Waals surface area contributed by atoms with Crippen molar-refractivity contribution in [3.8, 4) is 0 Å². The minimum atomic E-state index is -0.472. The topological polar surface area (TPSA) is 41.1 Å². The largest absolute Gasteiger partial charge is 0.322 e. The van der Waals surface area contributed by atoms with Gasteiger partial charge >= 0.3 is 0 Å². The van der Waals surface area contributed by atoms with E-state index in [4.69, 9.17) is 0 Å². The number of benzene rings is 1. The SMILES string of the molecule is CC1(C(=O)Nc2c(F)cccc2Br)CCCNC1. The van der Waals surface area contributed by atoms with Crippen molar-refractivity contribution in [1.29, 1.82) is 0 Å². The number of hydrogen-bond acceptors (Lipinski definition) is 2. The first-order valence-electron chi connectivity index (χ1n) is 5.99. The molecule has 1 aromatic carbocycles. The number of halogens is 2. The number of carbonyl (C=O) groups excluding carboxylic acids is 1. The first-order valence-corrected chi connectivity index (χ1v) is 6.78. The van der Waals surface area contributed by atoms with Crippen LogP contribution in [0.25, 0.3) is 0 Å². The quantitative estimate of drug-likeness (QED) is 0.881. The predicted octanol–water partition coefficient (Wildman–Crippen LogP) is 2.92. The second-order valence-electron chi connectivity index (χ2n) is 4.89. The highest BCUT2D eigenvalue weighted by Crippen LogP contribution is 2.30. The zero-order valence-corrected chi connectivity index (χ0v) is 11.8. The van der Waals surface area contributed by atoms with E-state index in [1.165, 1.54) is 6.07 Å². The lowest BCUT2D eigenvalue weighted by Crippen LogP contribution is -2.46. The first kappa shape index (κ1) is 13.5. The maximum atomic E-state index is 13.6. The van der Waals surface area contributed by atoms with Crippen molar-refractivity contribution < 1.29 is 9.18 Å². The zero-order chi connectivity index (χ0) is 13.2. The van der Waals surface area contributed by atoms with Crippen molar-refractivity contribution in [2.75, 3.05) is 18.4 Å². The molecule has 1 unspecified atom stereocenters. The molecule has 18 heavy (non-hydrogen) atoms. The molecule has 1 aliphatic heterocycles. The molecule has 0 radical (unpaired) electrons. The standard InChI is InChI=1S/C13H16BrFN2O/c1-13(6-3-7-16-8-13)12(18)17-11-9(14)4-2-5-10(11)15/h2,4-5,16H,3,6-8H2,1H3,(H,17,18). The van der Waals surface area contributed by atoms with E-state index in [1.807, 2.05) is 6.92 Å². The number of carbonyl (C=O) groups is 1. The number of rotatable bonds is 2. The molecule has 0 saturated carbocycles. The predicted molar refractivity (Wildman–Crippen MR) is 72.9 cm³/mol. The van der Waals surface area contributed by atoms with Crippen LogP contribution in [0.3, 0.4) is 0 Å². The molecular formula is C13H16BrFN2O. The summed E-state index contributed by atoms with van der Waals surface area (Å²) in [5.41, 5.74) is -0.255. The van der Waals surface area contributed by atoms with Gasteiger partial charge in [-0.25, -0.2) is 4.39 Å². The fourth-order valence-corrected chi connectivity index (χ4v) is 2.57. The van der Waals surface area contributed by atoms with E-state index >= 15 is 0 Å². The van der Waals surface area contributed by atoms with Gasteiger partial charge in [0.05, 0.1) is 11.1 Å². The van der Waals surface area contributed by atoms with Crippen LogP contribution in [0.5, 0.6) is 0 Å². The van der Waals surface area contributed by atoms with Crippen LogP contribution >= 0.6 is 15.9 Å². The molecule has 1 heterocycles. The van der Waals surface area contributed by atoms with Crippen LogP contribution in [-0.2, 0) is 4.79 Å². The van der Waals surface area contributed by atoms with Gasteiger partial charge in [0.2, 0.25) is 5.91 Å². The summed E-state index contributed by atoms with van der Waals surface area (Å²) in [5, 5.41) is 5.89. The third-order valence-corrected chi connectivity index (χ3v) is 4.01. The van der Waals surface area contributed by atoms with Gasteiger partial charge in [-0.1, -0.05) is 6.07 Å². The van der Waals surface area contributed by atoms with Crippen LogP contribution in [0.1, 0.15) is 19.8 Å². The number of piperidine rings is 1. The van der Waals surface area contributed by atoms with Gasteiger partial charge in [-0.15, -0.1) is 0 Å². The minimum absolute atomic E-state index is 0.138. The second-order valence-corrected chi connectivity index (χ2v) is 5.75. The first-order chi connectivity index (χ1) is 8.53. The second kappa shape index (κ2) is 5.36. The van der Waals surface area contributed by atoms with Crippen molar-refractivity contribution in [2.24, 2.45) is 5.41 Å². The number of para-hydroxylation sites is 1. The van der Waals surface area contributed by atoms with Crippen LogP contribution in [0.4, 0.5) is 10.1 Å². The number of amides is 1. The molecule has 0 bridgehead atoms. The molecule has 2 N–H and O–H groups in total. The Morgan fingerprint density at radius 1 is 1.56 bits per heavy atom. The smallest absolute Gasteiger partial charge is 0.231 e. The molecule has 1 aromatic rings. The van der Waals surface area contributed by atoms with Crippen LogP contribution in [0, 0.1) is 11.2 Å². The Balaban J connectivity index is 2.16. The van der Waals surface area contributed by atoms with Gasteiger partial charge in [0.25, 0.3) is 0 Å². The van der Waals surface area contributed by atoms with Crippen molar-refractivity contribution >= 4 is 27.5 Å². The van der Waals surface area contributed by atoms with Gasteiger partial charge in [-0.2, -0.15) is 0 Å². The van der Waals surface area contributed by atoms with Crippen LogP contribution in [0.2, 0.25) is 0 Å². The van der Waals surface area contributed by atoms with Crippen molar-refractivity contribution in [3.63, 3.8) is 0 Å². The van der Waals surface area contributed by atoms with Crippen LogP contribution < -0.4 is 10.6 Å². The highest BCUT2D eigenvalue weighted by molar-refractivity contribution is 9.10. The van der Waals surface area contributed by atoms with E-state index in [-0.39, 0.29) is 11.6 Å². The molecule has 0 aromatic heterocycles. The summed E-state index contributed by atoms with van der Waals surface area (Å²) in [6.45, 7) is 3.47. The number of nitrogens with one attached hydrogen (secondary N) is 2. The van der Waals surface area contributed by atoms with Gasteiger partial charge < -0.3 is 10.6 Å². The normalized spacial score (nSPS) is 23.7. The Kier molecular flexibility index (Phi) is 4.02. The third-order valence-electron chi connectivity index (χ3n) is 3.35. The lowest BCUT2D eigenvalue weighted by Gasteiger charge is -2.32. The summed E-state index contributed by atoms with van der Waals surface area (Å²) in [7, 11) is 0. The van der Waals surface area contributed by atoms with Gasteiger partial charge in [0.15, 0.2) is 0 Å². The number of hydrogen-bond donors (Lipinski definition) is 2. The van der Waals surface area contributed by atoms with Crippen molar-refractivity contribution in [2.45, 2.75) is 19.8 Å². The minimum Gasteiger partial charge on any atom is -0.322 e. The molecule has 1 fully saturated rings. The Hall–Kier alpha value is -0.940. The maximum Gasteiger partial charge on any atom is 0.231 e. The molecule has 1 amide bonds. The maximum absolute atomic E-state index is 13.6. The highest BCUT2D eigenvalue weighted by atomic mass is 79.9. The zero-order valence-electron chi connectivity index (χ0n) is 10.2. The summed E-state index contributed by atoms with van der Waals surface area (Å²) < 4.78 is 14.2. The molecule has 98 valence electrons. The molecule has 0 spiro atoms. The van der Waals surface area contributed by atoms with Gasteiger partial charge in [-0.05, 0) is 54.4 Å². The van der Waals surface area contributed by atoms with Crippen molar-refractivity contribution in [3.05, 3.63) is 28.5 Å². The molecule has 1 atom stereocenters. The fraction of sp³-hybridized carbons (Fsp3) is 0.462. The summed E-state index contributed by atoms with van der Waals surface area (Å²) in [5.74, 6) is -0.564. The van der Waals surface area contributed by atoms with Crippen LogP contribution in [-0.4, -0.2) is 19.0 Å².